The summed E-state index contributed by atoms with van der Waals surface area (Å²) in [6.45, 7) is 3.58. The third-order valence-electron chi connectivity index (χ3n) is 7.75. The van der Waals surface area contributed by atoms with Gasteiger partial charge in [0.05, 0.1) is 26.0 Å². The second kappa shape index (κ2) is 11.3. The number of piperidine rings is 1. The number of likely N-dealkylation sites (tertiary alicyclic amines) is 2. The molecule has 1 aromatic heterocycles. The van der Waals surface area contributed by atoms with Gasteiger partial charge >= 0.3 is 0 Å². The van der Waals surface area contributed by atoms with Crippen LogP contribution in [0, 0.1) is 5.41 Å². The number of amides is 3. The number of carbonyl (C=O) groups excluding carboxylic acids is 4. The summed E-state index contributed by atoms with van der Waals surface area (Å²) in [5, 5.41) is 2.60. The number of ketones is 1. The van der Waals surface area contributed by atoms with E-state index in [2.05, 4.69) is 5.32 Å². The number of fused-ring (bicyclic) bond motifs is 1. The van der Waals surface area contributed by atoms with Gasteiger partial charge in [-0.3, -0.25) is 19.2 Å². The molecule has 2 saturated heterocycles. The molecule has 3 amide bonds. The Balaban J connectivity index is 1.05. The number of Topliss-reactive ketones (excluding diaryl/α,β-unsaturated/α-hetero) is 1. The van der Waals surface area contributed by atoms with Gasteiger partial charge in [-0.2, -0.15) is 0 Å². The first-order chi connectivity index (χ1) is 18.4. The summed E-state index contributed by atoms with van der Waals surface area (Å²) in [5.74, 6) is 0.755. The highest BCUT2D eigenvalue weighted by molar-refractivity contribution is 5.98. The Morgan fingerprint density at radius 3 is 2.34 bits per heavy atom. The van der Waals surface area contributed by atoms with Gasteiger partial charge in [0, 0.05) is 51.0 Å². The van der Waals surface area contributed by atoms with E-state index < -0.39 is 5.91 Å². The molecule has 0 aliphatic carbocycles. The van der Waals surface area contributed by atoms with Crippen LogP contribution in [0.3, 0.4) is 0 Å². The van der Waals surface area contributed by atoms with Crippen LogP contribution in [-0.2, 0) is 9.59 Å². The van der Waals surface area contributed by atoms with Crippen molar-refractivity contribution in [1.82, 2.24) is 15.1 Å². The van der Waals surface area contributed by atoms with Crippen molar-refractivity contribution in [2.24, 2.45) is 5.41 Å². The molecule has 0 bridgehead atoms. The lowest BCUT2D eigenvalue weighted by molar-refractivity contribution is -0.134. The van der Waals surface area contributed by atoms with E-state index in [0.29, 0.717) is 56.5 Å². The molecule has 202 valence electrons. The van der Waals surface area contributed by atoms with Crippen molar-refractivity contribution in [3.63, 3.8) is 0 Å². The monoisotopic (exact) mass is 523 g/mol. The van der Waals surface area contributed by atoms with E-state index in [4.69, 9.17) is 13.9 Å². The standard InChI is InChI=1S/C28H33N3O7/c32-21(20-4-6-22-24(17-20)38-16-2-15-36-22)5-7-25(33)31-13-10-28(19-31)8-11-30(12-9-28)26(34)18-29-27(35)23-3-1-14-37-23/h1,3-4,6,14,17H,2,5,7-13,15-16,18-19H2,(H,29,35). The molecule has 2 fully saturated rings. The summed E-state index contributed by atoms with van der Waals surface area (Å²) in [5.41, 5.74) is 0.527. The number of rotatable bonds is 7. The van der Waals surface area contributed by atoms with Crippen LogP contribution in [0.2, 0.25) is 0 Å². The van der Waals surface area contributed by atoms with Crippen molar-refractivity contribution in [3.8, 4) is 11.5 Å². The van der Waals surface area contributed by atoms with Crippen molar-refractivity contribution >= 4 is 23.5 Å². The number of nitrogens with one attached hydrogen (secondary N) is 1. The number of ether oxygens (including phenoxy) is 2. The molecule has 10 heteroatoms. The van der Waals surface area contributed by atoms with E-state index in [-0.39, 0.29) is 48.2 Å². The molecule has 2 aromatic rings. The van der Waals surface area contributed by atoms with Crippen LogP contribution >= 0.6 is 0 Å². The quantitative estimate of drug-likeness (QED) is 0.555. The summed E-state index contributed by atoms with van der Waals surface area (Å²) in [6.07, 6.45) is 5.04. The van der Waals surface area contributed by atoms with E-state index >= 15 is 0 Å². The van der Waals surface area contributed by atoms with Crippen molar-refractivity contribution in [2.75, 3.05) is 45.9 Å². The third kappa shape index (κ3) is 5.84. The summed E-state index contributed by atoms with van der Waals surface area (Å²) >= 11 is 0. The first-order valence-corrected chi connectivity index (χ1v) is 13.2. The molecule has 10 nitrogen and oxygen atoms in total. The number of benzene rings is 1. The average molecular weight is 524 g/mol. The number of hydrogen-bond donors (Lipinski definition) is 1. The number of carbonyl (C=O) groups is 4. The average Bonchev–Trinajstić information content (AvgIpc) is 3.56. The van der Waals surface area contributed by atoms with Gasteiger partial charge in [-0.1, -0.05) is 0 Å². The van der Waals surface area contributed by atoms with Gasteiger partial charge in [0.2, 0.25) is 11.8 Å². The van der Waals surface area contributed by atoms with Crippen molar-refractivity contribution in [3.05, 3.63) is 47.9 Å². The predicted octanol–water partition coefficient (Wildman–Crippen LogP) is 2.67. The molecule has 0 radical (unpaired) electrons. The maximum absolute atomic E-state index is 12.9. The van der Waals surface area contributed by atoms with E-state index in [1.165, 1.54) is 6.26 Å². The fourth-order valence-electron chi connectivity index (χ4n) is 5.41. The summed E-state index contributed by atoms with van der Waals surface area (Å²) in [4.78, 5) is 53.9. The zero-order chi connectivity index (χ0) is 26.5. The van der Waals surface area contributed by atoms with E-state index in [0.717, 1.165) is 25.7 Å². The highest BCUT2D eigenvalue weighted by Crippen LogP contribution is 2.40. The van der Waals surface area contributed by atoms with Gasteiger partial charge in [-0.25, -0.2) is 0 Å². The Kier molecular flexibility index (Phi) is 7.67. The first-order valence-electron chi connectivity index (χ1n) is 13.2. The summed E-state index contributed by atoms with van der Waals surface area (Å²) < 4.78 is 16.3. The molecule has 3 aliphatic rings. The fourth-order valence-corrected chi connectivity index (χ4v) is 5.41. The lowest BCUT2D eigenvalue weighted by Gasteiger charge is -2.39. The molecule has 3 aliphatic heterocycles. The predicted molar refractivity (Wildman–Crippen MR) is 136 cm³/mol. The number of nitrogens with zero attached hydrogens (tertiary/aromatic N) is 2. The second-order valence-corrected chi connectivity index (χ2v) is 10.2. The van der Waals surface area contributed by atoms with Crippen LogP contribution in [0.4, 0.5) is 0 Å². The van der Waals surface area contributed by atoms with Gasteiger partial charge in [-0.15, -0.1) is 0 Å². The van der Waals surface area contributed by atoms with Crippen molar-refractivity contribution < 1.29 is 33.1 Å². The smallest absolute Gasteiger partial charge is 0.287 e. The van der Waals surface area contributed by atoms with Gasteiger partial charge in [0.1, 0.15) is 0 Å². The lowest BCUT2D eigenvalue weighted by atomic mass is 9.78. The van der Waals surface area contributed by atoms with E-state index in [1.807, 2.05) is 4.90 Å². The zero-order valence-corrected chi connectivity index (χ0v) is 21.4. The molecule has 0 saturated carbocycles. The Morgan fingerprint density at radius 1 is 0.868 bits per heavy atom. The normalized spacial score (nSPS) is 18.2. The molecule has 0 unspecified atom stereocenters. The van der Waals surface area contributed by atoms with Crippen molar-refractivity contribution in [1.29, 1.82) is 0 Å². The van der Waals surface area contributed by atoms with Crippen LogP contribution in [0.25, 0.3) is 0 Å². The van der Waals surface area contributed by atoms with Crippen LogP contribution < -0.4 is 14.8 Å². The first kappa shape index (κ1) is 25.8. The Labute approximate surface area is 221 Å². The highest BCUT2D eigenvalue weighted by Gasteiger charge is 2.42. The van der Waals surface area contributed by atoms with E-state index in [1.54, 1.807) is 35.2 Å². The van der Waals surface area contributed by atoms with Crippen LogP contribution in [0.5, 0.6) is 11.5 Å². The van der Waals surface area contributed by atoms with E-state index in [9.17, 15) is 19.2 Å². The van der Waals surface area contributed by atoms with Gasteiger partial charge in [-0.05, 0) is 55.0 Å². The molecule has 1 aromatic carbocycles. The summed E-state index contributed by atoms with van der Waals surface area (Å²) in [7, 11) is 0. The molecule has 0 atom stereocenters. The maximum Gasteiger partial charge on any atom is 0.287 e. The number of furan rings is 1. The highest BCUT2D eigenvalue weighted by atomic mass is 16.5. The van der Waals surface area contributed by atoms with Gasteiger partial charge in [0.25, 0.3) is 5.91 Å². The maximum atomic E-state index is 12.9. The topological polar surface area (TPSA) is 118 Å². The third-order valence-corrected chi connectivity index (χ3v) is 7.75. The minimum Gasteiger partial charge on any atom is -0.490 e. The van der Waals surface area contributed by atoms with Gasteiger partial charge in [0.15, 0.2) is 23.0 Å². The largest absolute Gasteiger partial charge is 0.490 e. The van der Waals surface area contributed by atoms with Crippen LogP contribution in [0.1, 0.15) is 59.4 Å². The molecular formula is C28H33N3O7. The molecule has 5 rings (SSSR count). The SMILES string of the molecule is O=C(CCC(=O)N1CCC2(CCN(C(=O)CNC(=O)c3ccco3)CC2)C1)c1ccc2c(c1)OCCCO2. The fraction of sp³-hybridized carbons (Fsp3) is 0.500. The van der Waals surface area contributed by atoms with Crippen LogP contribution in [0.15, 0.2) is 41.0 Å². The minimum atomic E-state index is -0.412. The van der Waals surface area contributed by atoms with Crippen LogP contribution in [-0.4, -0.2) is 79.2 Å². The zero-order valence-electron chi connectivity index (χ0n) is 21.4. The molecular weight excluding hydrogens is 490 g/mol. The Hall–Kier alpha value is -3.82. The Morgan fingerprint density at radius 2 is 1.61 bits per heavy atom. The molecule has 4 heterocycles. The second-order valence-electron chi connectivity index (χ2n) is 10.2. The molecule has 1 N–H and O–H groups in total. The molecule has 1 spiro atoms. The number of hydrogen-bond acceptors (Lipinski definition) is 7. The summed E-state index contributed by atoms with van der Waals surface area (Å²) in [6, 6.07) is 8.35. The Bertz CT molecular complexity index is 1190. The van der Waals surface area contributed by atoms with Crippen molar-refractivity contribution in [2.45, 2.75) is 38.5 Å². The lowest BCUT2D eigenvalue weighted by Crippen LogP contribution is -2.47. The molecule has 38 heavy (non-hydrogen) atoms. The van der Waals surface area contributed by atoms with Gasteiger partial charge < -0.3 is 29.0 Å². The minimum absolute atomic E-state index is 0.00219.